The summed E-state index contributed by atoms with van der Waals surface area (Å²) in [6.45, 7) is 2.73. The molecule has 3 N–H and O–H groups in total. The Kier molecular flexibility index (Phi) is 6.35. The molecule has 7 heteroatoms. The van der Waals surface area contributed by atoms with E-state index < -0.39 is 5.97 Å². The zero-order valence-electron chi connectivity index (χ0n) is 18.9. The number of likely N-dealkylation sites (tertiary alicyclic amines) is 1. The van der Waals surface area contributed by atoms with Crippen molar-refractivity contribution in [3.05, 3.63) is 23.4 Å². The Morgan fingerprint density at radius 3 is 2.53 bits per heavy atom. The number of hydrogen-bond acceptors (Lipinski definition) is 5. The number of pyridine rings is 1. The molecule has 7 nitrogen and oxygen atoms in total. The van der Waals surface area contributed by atoms with Crippen LogP contribution in [0.2, 0.25) is 0 Å². The van der Waals surface area contributed by atoms with Crippen molar-refractivity contribution in [1.29, 1.82) is 0 Å². The number of rotatable bonds is 5. The molecule has 1 aromatic rings. The molecule has 5 rings (SSSR count). The molecule has 3 saturated heterocycles. The van der Waals surface area contributed by atoms with Crippen molar-refractivity contribution in [3.63, 3.8) is 0 Å². The number of carbonyl (C=O) groups excluding carboxylic acids is 1. The first-order chi connectivity index (χ1) is 15.5. The number of aliphatic carboxylic acids is 1. The second kappa shape index (κ2) is 9.38. The summed E-state index contributed by atoms with van der Waals surface area (Å²) in [4.78, 5) is 31.3. The maximum atomic E-state index is 13.3. The van der Waals surface area contributed by atoms with Gasteiger partial charge in [0.25, 0.3) is 0 Å². The van der Waals surface area contributed by atoms with E-state index in [0.29, 0.717) is 23.9 Å². The van der Waals surface area contributed by atoms with Gasteiger partial charge in [0.15, 0.2) is 0 Å². The Bertz CT molecular complexity index is 838. The van der Waals surface area contributed by atoms with E-state index in [0.717, 1.165) is 76.8 Å². The molecule has 3 fully saturated rings. The van der Waals surface area contributed by atoms with Gasteiger partial charge in [0.1, 0.15) is 5.82 Å². The van der Waals surface area contributed by atoms with Gasteiger partial charge in [-0.25, -0.2) is 4.98 Å². The molecule has 2 unspecified atom stereocenters. The van der Waals surface area contributed by atoms with E-state index in [1.54, 1.807) is 0 Å². The predicted octanol–water partition coefficient (Wildman–Crippen LogP) is 2.84. The van der Waals surface area contributed by atoms with Crippen molar-refractivity contribution in [2.45, 2.75) is 76.3 Å². The van der Waals surface area contributed by atoms with Gasteiger partial charge in [0.2, 0.25) is 5.91 Å². The van der Waals surface area contributed by atoms with Gasteiger partial charge in [0.05, 0.1) is 0 Å². The molecule has 0 aliphatic carbocycles. The van der Waals surface area contributed by atoms with Gasteiger partial charge in [-0.1, -0.05) is 6.07 Å². The number of fused-ring (bicyclic) bond motifs is 3. The van der Waals surface area contributed by atoms with Crippen LogP contribution in [0.3, 0.4) is 0 Å². The van der Waals surface area contributed by atoms with Crippen LogP contribution < -0.4 is 10.6 Å². The number of aryl methyl sites for hydroxylation is 1. The molecule has 0 spiro atoms. The summed E-state index contributed by atoms with van der Waals surface area (Å²) in [7, 11) is 0. The van der Waals surface area contributed by atoms with Crippen molar-refractivity contribution in [1.82, 2.24) is 15.2 Å². The summed E-state index contributed by atoms with van der Waals surface area (Å²) in [5.41, 5.74) is 2.51. The second-order valence-corrected chi connectivity index (χ2v) is 10.5. The first-order valence-electron chi connectivity index (χ1n) is 12.5. The molecule has 0 radical (unpaired) electrons. The second-order valence-electron chi connectivity index (χ2n) is 10.5. The topological polar surface area (TPSA) is 94.6 Å². The Morgan fingerprint density at radius 2 is 1.81 bits per heavy atom. The zero-order valence-corrected chi connectivity index (χ0v) is 18.9. The summed E-state index contributed by atoms with van der Waals surface area (Å²) in [6, 6.07) is 5.01. The van der Waals surface area contributed by atoms with E-state index in [9.17, 15) is 9.59 Å². The maximum Gasteiger partial charge on any atom is 0.303 e. The van der Waals surface area contributed by atoms with Crippen molar-refractivity contribution in [2.75, 3.05) is 25.0 Å². The lowest BCUT2D eigenvalue weighted by Crippen LogP contribution is -2.54. The lowest BCUT2D eigenvalue weighted by Gasteiger charge is -2.44. The highest BCUT2D eigenvalue weighted by atomic mass is 16.4. The lowest BCUT2D eigenvalue weighted by atomic mass is 9.74. The Morgan fingerprint density at radius 1 is 1.06 bits per heavy atom. The molecule has 0 aromatic carbocycles. The number of aromatic nitrogens is 1. The highest BCUT2D eigenvalue weighted by Gasteiger charge is 2.40. The van der Waals surface area contributed by atoms with Gasteiger partial charge in [-0.15, -0.1) is 0 Å². The maximum absolute atomic E-state index is 13.3. The molecule has 4 atom stereocenters. The minimum absolute atomic E-state index is 0.0990. The highest BCUT2D eigenvalue weighted by molar-refractivity contribution is 5.79. The summed E-state index contributed by atoms with van der Waals surface area (Å²) in [6.07, 6.45) is 9.16. The van der Waals surface area contributed by atoms with E-state index in [1.807, 2.05) is 0 Å². The van der Waals surface area contributed by atoms with Crippen LogP contribution in [0.15, 0.2) is 12.1 Å². The molecule has 4 aliphatic rings. The largest absolute Gasteiger partial charge is 0.481 e. The van der Waals surface area contributed by atoms with Crippen LogP contribution >= 0.6 is 0 Å². The molecule has 1 amide bonds. The molecular formula is C25H36N4O3. The zero-order chi connectivity index (χ0) is 22.1. The van der Waals surface area contributed by atoms with Gasteiger partial charge in [0, 0.05) is 49.8 Å². The summed E-state index contributed by atoms with van der Waals surface area (Å²) >= 11 is 0. The van der Waals surface area contributed by atoms with Crippen LogP contribution in [0.25, 0.3) is 0 Å². The fourth-order valence-electron chi connectivity index (χ4n) is 6.49. The van der Waals surface area contributed by atoms with Crippen molar-refractivity contribution < 1.29 is 14.7 Å². The lowest BCUT2D eigenvalue weighted by molar-refractivity contribution is -0.141. The van der Waals surface area contributed by atoms with Gasteiger partial charge in [-0.05, 0) is 81.3 Å². The van der Waals surface area contributed by atoms with Crippen LogP contribution in [0, 0.1) is 17.8 Å². The van der Waals surface area contributed by atoms with Crippen molar-refractivity contribution in [2.24, 2.45) is 17.8 Å². The molecule has 0 saturated carbocycles. The van der Waals surface area contributed by atoms with Gasteiger partial charge >= 0.3 is 5.97 Å². The van der Waals surface area contributed by atoms with Gasteiger partial charge < -0.3 is 20.6 Å². The molecule has 32 heavy (non-hydrogen) atoms. The van der Waals surface area contributed by atoms with E-state index in [-0.39, 0.29) is 18.3 Å². The first kappa shape index (κ1) is 21.7. The first-order valence-corrected chi connectivity index (χ1v) is 12.5. The van der Waals surface area contributed by atoms with Gasteiger partial charge in [-0.2, -0.15) is 0 Å². The number of nitrogens with zero attached hydrogens (tertiary/aromatic N) is 2. The third-order valence-corrected chi connectivity index (χ3v) is 8.03. The summed E-state index contributed by atoms with van der Waals surface area (Å²) in [5, 5.41) is 16.2. The molecule has 4 aliphatic heterocycles. The fourth-order valence-corrected chi connectivity index (χ4v) is 6.49. The van der Waals surface area contributed by atoms with E-state index in [4.69, 9.17) is 10.1 Å². The van der Waals surface area contributed by atoms with E-state index in [2.05, 4.69) is 27.7 Å². The SMILES string of the molecule is O=C(O)CC1C[C@@H]2CC(C(=O)N3CCC(Cc4ccc5c(n4)NCCC5)CC3)C[C@H](C1)N2. The molecule has 2 bridgehead atoms. The van der Waals surface area contributed by atoms with E-state index >= 15 is 0 Å². The standard InChI is InChI=1S/C25H36N4O3/c30-23(31)13-17-11-21-14-19(15-22(12-17)27-21)25(32)29-8-5-16(6-9-29)10-20-4-3-18-2-1-7-26-24(18)28-20/h3-4,16-17,19,21-22,27H,1-2,5-15H2,(H,26,28)(H,30,31)/t17?,19?,21-,22+. The smallest absolute Gasteiger partial charge is 0.303 e. The van der Waals surface area contributed by atoms with Crippen molar-refractivity contribution in [3.8, 4) is 0 Å². The highest BCUT2D eigenvalue weighted by Crippen LogP contribution is 2.36. The third-order valence-electron chi connectivity index (χ3n) is 8.03. The monoisotopic (exact) mass is 440 g/mol. The van der Waals surface area contributed by atoms with Gasteiger partial charge in [-0.3, -0.25) is 9.59 Å². The molecule has 1 aromatic heterocycles. The number of carbonyl (C=O) groups is 2. The minimum Gasteiger partial charge on any atom is -0.481 e. The number of carboxylic acid groups (broad SMARTS) is 1. The summed E-state index contributed by atoms with van der Waals surface area (Å²) < 4.78 is 0. The van der Waals surface area contributed by atoms with E-state index in [1.165, 1.54) is 17.7 Å². The molecular weight excluding hydrogens is 404 g/mol. The number of piperidine rings is 3. The average molecular weight is 441 g/mol. The Labute approximate surface area is 190 Å². The average Bonchev–Trinajstić information content (AvgIpc) is 2.78. The predicted molar refractivity (Wildman–Crippen MR) is 122 cm³/mol. The third kappa shape index (κ3) is 4.92. The fraction of sp³-hybridized carbons (Fsp3) is 0.720. The molecule has 174 valence electrons. The Balaban J connectivity index is 1.11. The normalized spacial score (nSPS) is 30.3. The van der Waals surface area contributed by atoms with Crippen molar-refractivity contribution >= 4 is 17.7 Å². The number of nitrogens with one attached hydrogen (secondary N) is 2. The number of amides is 1. The summed E-state index contributed by atoms with van der Waals surface area (Å²) in [5.74, 6) is 1.64. The van der Waals surface area contributed by atoms with Crippen LogP contribution in [0.1, 0.15) is 62.6 Å². The Hall–Kier alpha value is -2.15. The number of anilines is 1. The quantitative estimate of drug-likeness (QED) is 0.652. The molecule has 5 heterocycles. The van der Waals surface area contributed by atoms with Crippen LogP contribution in [-0.2, 0) is 22.4 Å². The number of carboxylic acids is 1. The van der Waals surface area contributed by atoms with Crippen LogP contribution in [0.5, 0.6) is 0 Å². The minimum atomic E-state index is -0.702. The van der Waals surface area contributed by atoms with Crippen LogP contribution in [-0.4, -0.2) is 58.6 Å². The van der Waals surface area contributed by atoms with Crippen LogP contribution in [0.4, 0.5) is 5.82 Å². The number of hydrogen-bond donors (Lipinski definition) is 3.